The molecule has 0 saturated carbocycles. The molecule has 1 aromatic carbocycles. The summed E-state index contributed by atoms with van der Waals surface area (Å²) in [5.41, 5.74) is 2.13. The zero-order valence-electron chi connectivity index (χ0n) is 11.9. The number of fused-ring (bicyclic) bond motifs is 1. The van der Waals surface area contributed by atoms with Crippen LogP contribution in [-0.4, -0.2) is 15.9 Å². The quantitative estimate of drug-likeness (QED) is 0.729. The SMILES string of the molecule is CCNCc1c(Oc2ccc(Br)cc2C)nc2sccn12. The van der Waals surface area contributed by atoms with Crippen molar-refractivity contribution < 1.29 is 4.74 Å². The van der Waals surface area contributed by atoms with Crippen LogP contribution in [0.15, 0.2) is 34.2 Å². The molecule has 2 aromatic heterocycles. The lowest BCUT2D eigenvalue weighted by molar-refractivity contribution is 0.452. The minimum absolute atomic E-state index is 0.674. The monoisotopic (exact) mass is 365 g/mol. The second kappa shape index (κ2) is 6.17. The predicted octanol–water partition coefficient (Wildman–Crippen LogP) is 4.37. The maximum Gasteiger partial charge on any atom is 0.243 e. The van der Waals surface area contributed by atoms with Gasteiger partial charge in [-0.3, -0.25) is 4.40 Å². The minimum atomic E-state index is 0.674. The van der Waals surface area contributed by atoms with Gasteiger partial charge in [-0.15, -0.1) is 11.3 Å². The third kappa shape index (κ3) is 2.97. The number of hydrogen-bond donors (Lipinski definition) is 1. The van der Waals surface area contributed by atoms with Crippen molar-refractivity contribution in [2.45, 2.75) is 20.4 Å². The number of thiazole rings is 1. The zero-order chi connectivity index (χ0) is 14.8. The molecule has 0 radical (unpaired) electrons. The van der Waals surface area contributed by atoms with Crippen LogP contribution in [0.2, 0.25) is 0 Å². The van der Waals surface area contributed by atoms with Crippen molar-refractivity contribution in [2.75, 3.05) is 6.54 Å². The average molecular weight is 366 g/mol. The fourth-order valence-corrected chi connectivity index (χ4v) is 3.33. The summed E-state index contributed by atoms with van der Waals surface area (Å²) in [6.07, 6.45) is 2.03. The molecular weight excluding hydrogens is 350 g/mol. The van der Waals surface area contributed by atoms with Gasteiger partial charge in [0.05, 0.1) is 0 Å². The number of nitrogens with one attached hydrogen (secondary N) is 1. The molecule has 0 saturated heterocycles. The van der Waals surface area contributed by atoms with Crippen LogP contribution < -0.4 is 10.1 Å². The second-order valence-corrected chi connectivity index (χ2v) is 6.50. The lowest BCUT2D eigenvalue weighted by Gasteiger charge is -2.09. The Morgan fingerprint density at radius 3 is 3.05 bits per heavy atom. The first-order chi connectivity index (χ1) is 10.2. The normalized spacial score (nSPS) is 11.2. The summed E-state index contributed by atoms with van der Waals surface area (Å²) in [6.45, 7) is 5.77. The lowest BCUT2D eigenvalue weighted by atomic mass is 10.2. The van der Waals surface area contributed by atoms with Gasteiger partial charge in [-0.25, -0.2) is 0 Å². The number of halogens is 1. The smallest absolute Gasteiger partial charge is 0.243 e. The van der Waals surface area contributed by atoms with Gasteiger partial charge in [0.15, 0.2) is 4.96 Å². The first kappa shape index (κ1) is 14.6. The molecule has 4 nitrogen and oxygen atoms in total. The second-order valence-electron chi connectivity index (χ2n) is 4.71. The van der Waals surface area contributed by atoms with Crippen LogP contribution in [0.25, 0.3) is 4.96 Å². The van der Waals surface area contributed by atoms with Gasteiger partial charge in [0.1, 0.15) is 11.4 Å². The highest BCUT2D eigenvalue weighted by Gasteiger charge is 2.15. The van der Waals surface area contributed by atoms with Crippen molar-refractivity contribution in [3.63, 3.8) is 0 Å². The molecule has 21 heavy (non-hydrogen) atoms. The molecule has 0 bridgehead atoms. The van der Waals surface area contributed by atoms with Crippen LogP contribution in [0, 0.1) is 6.92 Å². The van der Waals surface area contributed by atoms with Crippen LogP contribution in [0.3, 0.4) is 0 Å². The topological polar surface area (TPSA) is 38.6 Å². The van der Waals surface area contributed by atoms with Crippen molar-refractivity contribution in [1.82, 2.24) is 14.7 Å². The molecular formula is C15H16BrN3OS. The number of hydrogen-bond acceptors (Lipinski definition) is 4. The number of aryl methyl sites for hydroxylation is 1. The van der Waals surface area contributed by atoms with E-state index in [9.17, 15) is 0 Å². The van der Waals surface area contributed by atoms with Crippen LogP contribution in [0.4, 0.5) is 0 Å². The maximum atomic E-state index is 6.05. The Kier molecular flexibility index (Phi) is 4.28. The van der Waals surface area contributed by atoms with Gasteiger partial charge in [0, 0.05) is 22.6 Å². The van der Waals surface area contributed by atoms with E-state index < -0.39 is 0 Å². The summed E-state index contributed by atoms with van der Waals surface area (Å²) in [5, 5.41) is 5.37. The van der Waals surface area contributed by atoms with Crippen LogP contribution >= 0.6 is 27.3 Å². The summed E-state index contributed by atoms with van der Waals surface area (Å²) >= 11 is 5.08. The Labute approximate surface area is 135 Å². The van der Waals surface area contributed by atoms with E-state index in [1.165, 1.54) is 0 Å². The van der Waals surface area contributed by atoms with E-state index in [0.29, 0.717) is 5.88 Å². The summed E-state index contributed by atoms with van der Waals surface area (Å²) in [7, 11) is 0. The molecule has 0 amide bonds. The zero-order valence-corrected chi connectivity index (χ0v) is 14.3. The van der Waals surface area contributed by atoms with E-state index >= 15 is 0 Å². The van der Waals surface area contributed by atoms with Gasteiger partial charge in [-0.2, -0.15) is 4.98 Å². The van der Waals surface area contributed by atoms with Gasteiger partial charge < -0.3 is 10.1 Å². The standard InChI is InChI=1S/C15H16BrN3OS/c1-3-17-9-12-14(18-15-19(12)6-7-21-15)20-13-5-4-11(16)8-10(13)2/h4-8,17H,3,9H2,1-2H3. The Balaban J connectivity index is 1.97. The van der Waals surface area contributed by atoms with Crippen LogP contribution in [0.5, 0.6) is 11.6 Å². The van der Waals surface area contributed by atoms with E-state index in [1.54, 1.807) is 11.3 Å². The Morgan fingerprint density at radius 2 is 2.29 bits per heavy atom. The fraction of sp³-hybridized carbons (Fsp3) is 0.267. The van der Waals surface area contributed by atoms with E-state index in [1.807, 2.05) is 36.7 Å². The van der Waals surface area contributed by atoms with E-state index in [0.717, 1.165) is 39.5 Å². The highest BCUT2D eigenvalue weighted by atomic mass is 79.9. The van der Waals surface area contributed by atoms with E-state index in [-0.39, 0.29) is 0 Å². The van der Waals surface area contributed by atoms with Gasteiger partial charge in [0.25, 0.3) is 0 Å². The molecule has 0 atom stereocenters. The first-order valence-electron chi connectivity index (χ1n) is 6.78. The highest BCUT2D eigenvalue weighted by Crippen LogP contribution is 2.31. The van der Waals surface area contributed by atoms with Gasteiger partial charge in [-0.05, 0) is 37.2 Å². The number of benzene rings is 1. The minimum Gasteiger partial charge on any atom is -0.437 e. The van der Waals surface area contributed by atoms with Gasteiger partial charge >= 0.3 is 0 Å². The van der Waals surface area contributed by atoms with Gasteiger partial charge in [0.2, 0.25) is 5.88 Å². The summed E-state index contributed by atoms with van der Waals surface area (Å²) in [4.78, 5) is 5.54. The Morgan fingerprint density at radius 1 is 1.43 bits per heavy atom. The van der Waals surface area contributed by atoms with Crippen LogP contribution in [0.1, 0.15) is 18.2 Å². The predicted molar refractivity (Wildman–Crippen MR) is 89.4 cm³/mol. The van der Waals surface area contributed by atoms with E-state index in [2.05, 4.69) is 37.6 Å². The largest absolute Gasteiger partial charge is 0.437 e. The van der Waals surface area contributed by atoms with Crippen molar-refractivity contribution in [3.8, 4) is 11.6 Å². The van der Waals surface area contributed by atoms with E-state index in [4.69, 9.17) is 4.74 Å². The van der Waals surface area contributed by atoms with Crippen molar-refractivity contribution in [2.24, 2.45) is 0 Å². The number of nitrogens with zero attached hydrogens (tertiary/aromatic N) is 2. The van der Waals surface area contributed by atoms with Crippen molar-refractivity contribution in [1.29, 1.82) is 0 Å². The molecule has 3 aromatic rings. The molecule has 0 aliphatic heterocycles. The molecule has 2 heterocycles. The maximum absolute atomic E-state index is 6.05. The number of imidazole rings is 1. The third-order valence-electron chi connectivity index (χ3n) is 3.21. The summed E-state index contributed by atoms with van der Waals surface area (Å²) in [5.74, 6) is 1.51. The Hall–Kier alpha value is -1.37. The molecule has 3 rings (SSSR count). The summed E-state index contributed by atoms with van der Waals surface area (Å²) in [6, 6.07) is 5.98. The molecule has 0 fully saturated rings. The number of ether oxygens (including phenoxy) is 1. The lowest BCUT2D eigenvalue weighted by Crippen LogP contribution is -2.13. The number of rotatable bonds is 5. The molecule has 6 heteroatoms. The first-order valence-corrected chi connectivity index (χ1v) is 8.45. The molecule has 1 N–H and O–H groups in total. The summed E-state index contributed by atoms with van der Waals surface area (Å²) < 4.78 is 9.18. The fourth-order valence-electron chi connectivity index (χ4n) is 2.13. The number of aromatic nitrogens is 2. The average Bonchev–Trinajstić information content (AvgIpc) is 3.01. The Bertz CT molecular complexity index is 765. The molecule has 0 unspecified atom stereocenters. The molecule has 0 aliphatic rings. The molecule has 110 valence electrons. The molecule has 0 spiro atoms. The van der Waals surface area contributed by atoms with Crippen molar-refractivity contribution >= 4 is 32.2 Å². The molecule has 0 aliphatic carbocycles. The van der Waals surface area contributed by atoms with Gasteiger partial charge in [-0.1, -0.05) is 22.9 Å². The van der Waals surface area contributed by atoms with Crippen molar-refractivity contribution in [3.05, 3.63) is 45.5 Å². The highest BCUT2D eigenvalue weighted by molar-refractivity contribution is 9.10. The van der Waals surface area contributed by atoms with Crippen LogP contribution in [-0.2, 0) is 6.54 Å². The third-order valence-corrected chi connectivity index (χ3v) is 4.46.